The van der Waals surface area contributed by atoms with Crippen LogP contribution in [0.5, 0.6) is 0 Å². The van der Waals surface area contributed by atoms with Crippen molar-refractivity contribution in [3.8, 4) is 0 Å². The Labute approximate surface area is 85.4 Å². The smallest absolute Gasteiger partial charge is 0.310 e. The Balaban J connectivity index is 2.22. The van der Waals surface area contributed by atoms with Crippen molar-refractivity contribution >= 4 is 5.97 Å². The maximum absolute atomic E-state index is 11.5. The van der Waals surface area contributed by atoms with Gasteiger partial charge in [0.05, 0.1) is 12.5 Å². The summed E-state index contributed by atoms with van der Waals surface area (Å²) in [5.74, 6) is 5.56. The predicted octanol–water partition coefficient (Wildman–Crippen LogP) is 0.915. The number of carbonyl (C=O) groups excluding carboxylic acids is 1. The van der Waals surface area contributed by atoms with E-state index in [1.807, 2.05) is 0 Å². The van der Waals surface area contributed by atoms with Crippen molar-refractivity contribution in [3.63, 3.8) is 0 Å². The Morgan fingerprint density at radius 1 is 1.64 bits per heavy atom. The molecule has 0 aromatic heterocycles. The van der Waals surface area contributed by atoms with Gasteiger partial charge in [0.2, 0.25) is 0 Å². The van der Waals surface area contributed by atoms with E-state index >= 15 is 0 Å². The lowest BCUT2D eigenvalue weighted by Crippen LogP contribution is -2.43. The lowest BCUT2D eigenvalue weighted by atomic mass is 9.99. The first-order chi connectivity index (χ1) is 6.74. The van der Waals surface area contributed by atoms with Gasteiger partial charge in [-0.05, 0) is 19.3 Å². The molecule has 1 aliphatic rings. The number of ether oxygens (including phenoxy) is 1. The fourth-order valence-electron chi connectivity index (χ4n) is 1.63. The first-order valence-electron chi connectivity index (χ1n) is 5.40. The summed E-state index contributed by atoms with van der Waals surface area (Å²) in [4.78, 5) is 11.5. The van der Waals surface area contributed by atoms with E-state index in [2.05, 4.69) is 6.92 Å². The molecule has 1 aliphatic heterocycles. The quantitative estimate of drug-likeness (QED) is 0.416. The average Bonchev–Trinajstić information content (AvgIpc) is 2.18. The van der Waals surface area contributed by atoms with Crippen LogP contribution in [-0.4, -0.2) is 30.7 Å². The van der Waals surface area contributed by atoms with Crippen molar-refractivity contribution in [2.75, 3.05) is 19.7 Å². The molecular formula is C10H20N2O2. The van der Waals surface area contributed by atoms with E-state index in [1.54, 1.807) is 5.01 Å². The first-order valence-corrected chi connectivity index (χ1v) is 5.40. The highest BCUT2D eigenvalue weighted by atomic mass is 16.5. The highest BCUT2D eigenvalue weighted by molar-refractivity contribution is 5.72. The number of hydrogen-bond donors (Lipinski definition) is 1. The topological polar surface area (TPSA) is 55.6 Å². The molecule has 0 radical (unpaired) electrons. The molecule has 1 saturated heterocycles. The van der Waals surface area contributed by atoms with E-state index < -0.39 is 0 Å². The molecule has 2 N–H and O–H groups in total. The van der Waals surface area contributed by atoms with Crippen LogP contribution >= 0.6 is 0 Å². The molecule has 14 heavy (non-hydrogen) atoms. The number of hydrazine groups is 1. The molecule has 1 rings (SSSR count). The van der Waals surface area contributed by atoms with Gasteiger partial charge in [0.15, 0.2) is 0 Å². The summed E-state index contributed by atoms with van der Waals surface area (Å²) in [6, 6.07) is 0. The summed E-state index contributed by atoms with van der Waals surface area (Å²) in [7, 11) is 0. The summed E-state index contributed by atoms with van der Waals surface area (Å²) < 4.78 is 5.15. The van der Waals surface area contributed by atoms with E-state index in [0.717, 1.165) is 32.2 Å². The van der Waals surface area contributed by atoms with Gasteiger partial charge >= 0.3 is 5.97 Å². The van der Waals surface area contributed by atoms with Crippen molar-refractivity contribution in [1.82, 2.24) is 5.01 Å². The highest BCUT2D eigenvalue weighted by Gasteiger charge is 2.25. The minimum atomic E-state index is -0.0754. The molecule has 1 atom stereocenters. The zero-order valence-electron chi connectivity index (χ0n) is 8.87. The fraction of sp³-hybridized carbons (Fsp3) is 0.900. The van der Waals surface area contributed by atoms with Gasteiger partial charge in [-0.1, -0.05) is 13.3 Å². The maximum atomic E-state index is 11.5. The molecule has 1 heterocycles. The van der Waals surface area contributed by atoms with Crippen LogP contribution in [0.3, 0.4) is 0 Å². The lowest BCUT2D eigenvalue weighted by Gasteiger charge is -2.27. The van der Waals surface area contributed by atoms with Gasteiger partial charge in [-0.25, -0.2) is 5.01 Å². The summed E-state index contributed by atoms with van der Waals surface area (Å²) in [5, 5.41) is 1.70. The van der Waals surface area contributed by atoms with Gasteiger partial charge in [0.25, 0.3) is 0 Å². The SMILES string of the molecule is CCCCOC(=O)C1CCCN(N)C1. The van der Waals surface area contributed by atoms with Crippen molar-refractivity contribution in [3.05, 3.63) is 0 Å². The van der Waals surface area contributed by atoms with Crippen LogP contribution in [0.15, 0.2) is 0 Å². The molecule has 0 amide bonds. The van der Waals surface area contributed by atoms with Gasteiger partial charge in [0, 0.05) is 13.1 Å². The molecule has 4 nitrogen and oxygen atoms in total. The van der Waals surface area contributed by atoms with Crippen molar-refractivity contribution in [1.29, 1.82) is 0 Å². The zero-order valence-corrected chi connectivity index (χ0v) is 8.87. The molecule has 0 bridgehead atoms. The van der Waals surface area contributed by atoms with E-state index in [0.29, 0.717) is 13.2 Å². The largest absolute Gasteiger partial charge is 0.465 e. The van der Waals surface area contributed by atoms with Gasteiger partial charge in [-0.3, -0.25) is 10.6 Å². The molecule has 82 valence electrons. The average molecular weight is 200 g/mol. The zero-order chi connectivity index (χ0) is 10.4. The molecule has 1 unspecified atom stereocenters. The molecule has 0 spiro atoms. The lowest BCUT2D eigenvalue weighted by molar-refractivity contribution is -0.150. The maximum Gasteiger partial charge on any atom is 0.310 e. The standard InChI is InChI=1S/C10H20N2O2/c1-2-3-7-14-10(13)9-5-4-6-12(11)8-9/h9H,2-8,11H2,1H3. The molecule has 0 saturated carbocycles. The molecule has 0 aromatic rings. The fourth-order valence-corrected chi connectivity index (χ4v) is 1.63. The Bertz CT molecular complexity index is 185. The molecule has 0 aliphatic carbocycles. The van der Waals surface area contributed by atoms with Gasteiger partial charge in [-0.2, -0.15) is 0 Å². The van der Waals surface area contributed by atoms with E-state index in [-0.39, 0.29) is 11.9 Å². The third kappa shape index (κ3) is 3.64. The van der Waals surface area contributed by atoms with Crippen LogP contribution in [0.4, 0.5) is 0 Å². The number of piperidine rings is 1. The van der Waals surface area contributed by atoms with Gasteiger partial charge in [0.1, 0.15) is 0 Å². The van der Waals surface area contributed by atoms with E-state index in [1.165, 1.54) is 0 Å². The molecule has 4 heteroatoms. The number of rotatable bonds is 4. The van der Waals surface area contributed by atoms with E-state index in [4.69, 9.17) is 10.6 Å². The monoisotopic (exact) mass is 200 g/mol. The first kappa shape index (κ1) is 11.5. The second-order valence-electron chi connectivity index (χ2n) is 3.86. The van der Waals surface area contributed by atoms with Crippen LogP contribution in [-0.2, 0) is 9.53 Å². The van der Waals surface area contributed by atoms with Crippen LogP contribution in [0.25, 0.3) is 0 Å². The third-order valence-electron chi connectivity index (χ3n) is 2.53. The summed E-state index contributed by atoms with van der Waals surface area (Å²) in [6.45, 7) is 4.16. The van der Waals surface area contributed by atoms with Crippen LogP contribution < -0.4 is 5.84 Å². The minimum Gasteiger partial charge on any atom is -0.465 e. The second-order valence-corrected chi connectivity index (χ2v) is 3.86. The van der Waals surface area contributed by atoms with Crippen LogP contribution in [0.2, 0.25) is 0 Å². The molecule has 0 aromatic carbocycles. The molecule has 1 fully saturated rings. The number of hydrogen-bond acceptors (Lipinski definition) is 4. The van der Waals surface area contributed by atoms with Crippen molar-refractivity contribution in [2.24, 2.45) is 11.8 Å². The number of nitrogens with zero attached hydrogens (tertiary/aromatic N) is 1. The van der Waals surface area contributed by atoms with Crippen molar-refractivity contribution in [2.45, 2.75) is 32.6 Å². The Kier molecular flexibility index (Phi) is 4.90. The minimum absolute atomic E-state index is 0.00870. The van der Waals surface area contributed by atoms with E-state index in [9.17, 15) is 4.79 Å². The number of nitrogens with two attached hydrogens (primary N) is 1. The van der Waals surface area contributed by atoms with Crippen LogP contribution in [0, 0.1) is 5.92 Å². The van der Waals surface area contributed by atoms with Crippen molar-refractivity contribution < 1.29 is 9.53 Å². The molecular weight excluding hydrogens is 180 g/mol. The Morgan fingerprint density at radius 3 is 3.07 bits per heavy atom. The Morgan fingerprint density at radius 2 is 2.43 bits per heavy atom. The normalized spacial score (nSPS) is 23.4. The van der Waals surface area contributed by atoms with Crippen LogP contribution in [0.1, 0.15) is 32.6 Å². The summed E-state index contributed by atoms with van der Waals surface area (Å²) in [6.07, 6.45) is 3.91. The summed E-state index contributed by atoms with van der Waals surface area (Å²) in [5.41, 5.74) is 0. The van der Waals surface area contributed by atoms with Gasteiger partial charge < -0.3 is 4.74 Å². The number of carbonyl (C=O) groups is 1. The second kappa shape index (κ2) is 5.98. The summed E-state index contributed by atoms with van der Waals surface area (Å²) >= 11 is 0. The highest BCUT2D eigenvalue weighted by Crippen LogP contribution is 2.15. The number of unbranched alkanes of at least 4 members (excludes halogenated alkanes) is 1. The Hall–Kier alpha value is -0.610. The predicted molar refractivity (Wildman–Crippen MR) is 54.4 cm³/mol. The van der Waals surface area contributed by atoms with Gasteiger partial charge in [-0.15, -0.1) is 0 Å². The third-order valence-corrected chi connectivity index (χ3v) is 2.53. The number of esters is 1.